The lowest BCUT2D eigenvalue weighted by molar-refractivity contribution is -0.00962. The molecule has 1 aliphatic carbocycles. The predicted octanol–water partition coefficient (Wildman–Crippen LogP) is 1.53. The molecule has 0 bridgehead atoms. The lowest BCUT2D eigenvalue weighted by Crippen LogP contribution is -2.47. The van der Waals surface area contributed by atoms with Gasteiger partial charge in [-0.1, -0.05) is 6.92 Å². The van der Waals surface area contributed by atoms with Gasteiger partial charge < -0.3 is 15.4 Å². The zero-order valence-corrected chi connectivity index (χ0v) is 10.4. The van der Waals surface area contributed by atoms with E-state index in [1.54, 1.807) is 0 Å². The average Bonchev–Trinajstić information content (AvgIpc) is 2.19. The molecule has 0 heterocycles. The highest BCUT2D eigenvalue weighted by molar-refractivity contribution is 4.85. The number of hydrogen-bond acceptors (Lipinski definition) is 3. The summed E-state index contributed by atoms with van der Waals surface area (Å²) in [5, 5.41) is 7.02. The molecule has 0 aliphatic heterocycles. The van der Waals surface area contributed by atoms with Crippen molar-refractivity contribution in [3.05, 3.63) is 0 Å². The number of hydrogen-bond donors (Lipinski definition) is 2. The largest absolute Gasteiger partial charge is 0.378 e. The molecule has 0 aromatic heterocycles. The molecule has 2 N–H and O–H groups in total. The van der Waals surface area contributed by atoms with E-state index in [9.17, 15) is 0 Å². The van der Waals surface area contributed by atoms with Crippen LogP contribution in [0.2, 0.25) is 0 Å². The molecule has 15 heavy (non-hydrogen) atoms. The van der Waals surface area contributed by atoms with Gasteiger partial charge in [-0.2, -0.15) is 0 Å². The van der Waals surface area contributed by atoms with E-state index in [1.165, 1.54) is 19.3 Å². The van der Waals surface area contributed by atoms with Gasteiger partial charge in [0.05, 0.1) is 6.10 Å². The molecule has 0 amide bonds. The zero-order valence-electron chi connectivity index (χ0n) is 10.4. The van der Waals surface area contributed by atoms with E-state index in [0.29, 0.717) is 18.2 Å². The van der Waals surface area contributed by atoms with Crippen molar-refractivity contribution >= 4 is 0 Å². The first kappa shape index (κ1) is 12.9. The first-order valence-electron chi connectivity index (χ1n) is 6.34. The lowest BCUT2D eigenvalue weighted by atomic mass is 9.89. The summed E-state index contributed by atoms with van der Waals surface area (Å²) < 4.78 is 5.51. The second kappa shape index (κ2) is 7.20. The normalized spacial score (nSPS) is 27.4. The summed E-state index contributed by atoms with van der Waals surface area (Å²) in [6.45, 7) is 9.51. The van der Waals surface area contributed by atoms with E-state index in [-0.39, 0.29) is 0 Å². The quantitative estimate of drug-likeness (QED) is 0.601. The van der Waals surface area contributed by atoms with Gasteiger partial charge in [0.15, 0.2) is 0 Å². The number of ether oxygens (including phenoxy) is 1. The Balaban J connectivity index is 1.86. The Morgan fingerprint density at radius 2 is 2.00 bits per heavy atom. The SMILES string of the molecule is CCOC1CC(NCCNC(C)CC)C1. The molecule has 1 saturated carbocycles. The third kappa shape index (κ3) is 4.96. The van der Waals surface area contributed by atoms with Gasteiger partial charge in [-0.3, -0.25) is 0 Å². The van der Waals surface area contributed by atoms with Crippen LogP contribution in [-0.2, 0) is 4.74 Å². The van der Waals surface area contributed by atoms with Crippen LogP contribution in [0, 0.1) is 0 Å². The van der Waals surface area contributed by atoms with Crippen molar-refractivity contribution in [2.24, 2.45) is 0 Å². The molecule has 0 saturated heterocycles. The molecular weight excluding hydrogens is 188 g/mol. The van der Waals surface area contributed by atoms with Crippen LogP contribution >= 0.6 is 0 Å². The summed E-state index contributed by atoms with van der Waals surface area (Å²) in [5.41, 5.74) is 0. The summed E-state index contributed by atoms with van der Waals surface area (Å²) in [4.78, 5) is 0. The van der Waals surface area contributed by atoms with Crippen molar-refractivity contribution < 1.29 is 4.74 Å². The maximum atomic E-state index is 5.51. The first-order valence-corrected chi connectivity index (χ1v) is 6.34. The zero-order chi connectivity index (χ0) is 11.1. The lowest BCUT2D eigenvalue weighted by Gasteiger charge is -2.35. The van der Waals surface area contributed by atoms with Crippen LogP contribution in [-0.4, -0.2) is 37.9 Å². The van der Waals surface area contributed by atoms with E-state index in [2.05, 4.69) is 31.4 Å². The standard InChI is InChI=1S/C12H26N2O/c1-4-10(3)13-6-7-14-11-8-12(9-11)15-5-2/h10-14H,4-9H2,1-3H3. The Morgan fingerprint density at radius 3 is 2.60 bits per heavy atom. The fourth-order valence-corrected chi connectivity index (χ4v) is 1.84. The van der Waals surface area contributed by atoms with Gasteiger partial charge in [0.1, 0.15) is 0 Å². The second-order valence-electron chi connectivity index (χ2n) is 4.46. The molecule has 1 aliphatic rings. The Bertz CT molecular complexity index is 158. The van der Waals surface area contributed by atoms with Crippen LogP contribution in [0.5, 0.6) is 0 Å². The molecule has 0 aromatic rings. The molecule has 1 rings (SSSR count). The summed E-state index contributed by atoms with van der Waals surface area (Å²) in [7, 11) is 0. The molecule has 1 fully saturated rings. The van der Waals surface area contributed by atoms with Gasteiger partial charge in [0.25, 0.3) is 0 Å². The highest BCUT2D eigenvalue weighted by Gasteiger charge is 2.28. The third-order valence-electron chi connectivity index (χ3n) is 3.16. The Kier molecular flexibility index (Phi) is 6.22. The summed E-state index contributed by atoms with van der Waals surface area (Å²) in [5.74, 6) is 0. The molecular formula is C12H26N2O. The Labute approximate surface area is 94.0 Å². The molecule has 1 atom stereocenters. The Hall–Kier alpha value is -0.120. The van der Waals surface area contributed by atoms with E-state index in [1.807, 2.05) is 0 Å². The fraction of sp³-hybridized carbons (Fsp3) is 1.00. The summed E-state index contributed by atoms with van der Waals surface area (Å²) in [6.07, 6.45) is 4.11. The smallest absolute Gasteiger partial charge is 0.0604 e. The van der Waals surface area contributed by atoms with Crippen molar-refractivity contribution in [3.8, 4) is 0 Å². The van der Waals surface area contributed by atoms with Crippen LogP contribution in [0.25, 0.3) is 0 Å². The van der Waals surface area contributed by atoms with E-state index in [0.717, 1.165) is 19.7 Å². The highest BCUT2D eigenvalue weighted by atomic mass is 16.5. The van der Waals surface area contributed by atoms with Gasteiger partial charge >= 0.3 is 0 Å². The van der Waals surface area contributed by atoms with Crippen molar-refractivity contribution in [3.63, 3.8) is 0 Å². The van der Waals surface area contributed by atoms with Crippen molar-refractivity contribution in [1.29, 1.82) is 0 Å². The van der Waals surface area contributed by atoms with E-state index in [4.69, 9.17) is 4.74 Å². The highest BCUT2D eigenvalue weighted by Crippen LogP contribution is 2.22. The molecule has 0 aromatic carbocycles. The van der Waals surface area contributed by atoms with Gasteiger partial charge in [0, 0.05) is 31.8 Å². The molecule has 1 unspecified atom stereocenters. The van der Waals surface area contributed by atoms with Gasteiger partial charge in [0.2, 0.25) is 0 Å². The monoisotopic (exact) mass is 214 g/mol. The van der Waals surface area contributed by atoms with E-state index < -0.39 is 0 Å². The van der Waals surface area contributed by atoms with Gasteiger partial charge in [-0.25, -0.2) is 0 Å². The minimum Gasteiger partial charge on any atom is -0.378 e. The molecule has 0 spiro atoms. The van der Waals surface area contributed by atoms with Crippen molar-refractivity contribution in [2.75, 3.05) is 19.7 Å². The minimum atomic E-state index is 0.523. The molecule has 90 valence electrons. The topological polar surface area (TPSA) is 33.3 Å². The van der Waals surface area contributed by atoms with Gasteiger partial charge in [-0.05, 0) is 33.1 Å². The summed E-state index contributed by atoms with van der Waals surface area (Å²) in [6, 6.07) is 1.34. The van der Waals surface area contributed by atoms with Crippen LogP contribution in [0.3, 0.4) is 0 Å². The van der Waals surface area contributed by atoms with Crippen molar-refractivity contribution in [1.82, 2.24) is 10.6 Å². The first-order chi connectivity index (χ1) is 7.26. The van der Waals surface area contributed by atoms with Crippen LogP contribution in [0.1, 0.15) is 40.0 Å². The van der Waals surface area contributed by atoms with Crippen molar-refractivity contribution in [2.45, 2.75) is 58.2 Å². The van der Waals surface area contributed by atoms with Crippen LogP contribution in [0.15, 0.2) is 0 Å². The second-order valence-corrected chi connectivity index (χ2v) is 4.46. The number of rotatable bonds is 8. The van der Waals surface area contributed by atoms with Crippen LogP contribution in [0.4, 0.5) is 0 Å². The molecule has 0 radical (unpaired) electrons. The molecule has 3 heteroatoms. The molecule has 3 nitrogen and oxygen atoms in total. The minimum absolute atomic E-state index is 0.523. The number of nitrogens with one attached hydrogen (secondary N) is 2. The fourth-order valence-electron chi connectivity index (χ4n) is 1.84. The third-order valence-corrected chi connectivity index (χ3v) is 3.16. The van der Waals surface area contributed by atoms with Gasteiger partial charge in [-0.15, -0.1) is 0 Å². The van der Waals surface area contributed by atoms with E-state index >= 15 is 0 Å². The predicted molar refractivity (Wildman–Crippen MR) is 64.2 cm³/mol. The summed E-state index contributed by atoms with van der Waals surface area (Å²) >= 11 is 0. The Morgan fingerprint density at radius 1 is 1.27 bits per heavy atom. The van der Waals surface area contributed by atoms with Crippen LogP contribution < -0.4 is 10.6 Å². The average molecular weight is 214 g/mol. The maximum absolute atomic E-state index is 5.51. The maximum Gasteiger partial charge on any atom is 0.0604 e.